The van der Waals surface area contributed by atoms with Crippen molar-refractivity contribution in [3.8, 4) is 0 Å². The number of rotatable bonds is 4. The van der Waals surface area contributed by atoms with Gasteiger partial charge in [0.05, 0.1) is 12.5 Å². The van der Waals surface area contributed by atoms with Gasteiger partial charge in [-0.1, -0.05) is 26.8 Å². The van der Waals surface area contributed by atoms with E-state index in [2.05, 4.69) is 0 Å². The standard InChI is InChI=1S/C2H7NO4S2.2CH4.F2HNO4S2/c1-8(4,5)3-9(2,6)7;;;1-8(4,5)3-9(2,6)7/h3H,1-2H3;2*1H4;3H. The van der Waals surface area contributed by atoms with Crippen LogP contribution in [0.1, 0.15) is 14.9 Å². The van der Waals surface area contributed by atoms with E-state index in [0.29, 0.717) is 0 Å². The summed E-state index contributed by atoms with van der Waals surface area (Å²) in [5.41, 5.74) is 0. The minimum atomic E-state index is -5.49. The Morgan fingerprint density at radius 1 is 0.600 bits per heavy atom. The van der Waals surface area contributed by atoms with Crippen molar-refractivity contribution in [2.75, 3.05) is 12.5 Å². The van der Waals surface area contributed by atoms with Crippen LogP contribution in [0.25, 0.3) is 0 Å². The predicted octanol–water partition coefficient (Wildman–Crippen LogP) is -1.23. The van der Waals surface area contributed by atoms with Crippen molar-refractivity contribution in [2.24, 2.45) is 0 Å². The Kier molecular flexibility index (Phi) is 12.2. The summed E-state index contributed by atoms with van der Waals surface area (Å²) < 4.78 is 101. The summed E-state index contributed by atoms with van der Waals surface area (Å²) in [6.07, 6.45) is 1.54. The van der Waals surface area contributed by atoms with Gasteiger partial charge < -0.3 is 0 Å². The molecule has 0 aromatic heterocycles. The van der Waals surface area contributed by atoms with E-state index in [1.54, 1.807) is 0 Å². The third-order valence-electron chi connectivity index (χ3n) is 0.502. The van der Waals surface area contributed by atoms with Crippen molar-refractivity contribution in [2.45, 2.75) is 14.9 Å². The van der Waals surface area contributed by atoms with Crippen molar-refractivity contribution in [3.63, 3.8) is 0 Å². The number of hydrogen-bond acceptors (Lipinski definition) is 8. The predicted molar refractivity (Wildman–Crippen MR) is 69.5 cm³/mol. The molecule has 0 unspecified atom stereocenters. The maximum atomic E-state index is 11.1. The first-order valence-electron chi connectivity index (χ1n) is 3.27. The van der Waals surface area contributed by atoms with Crippen LogP contribution in [0.3, 0.4) is 0 Å². The topological polar surface area (TPSA) is 161 Å². The molecular formula is C4H16F2N2O8S4. The number of sulfonamides is 2. The Morgan fingerprint density at radius 2 is 0.800 bits per heavy atom. The summed E-state index contributed by atoms with van der Waals surface area (Å²) in [6.45, 7) is 0. The van der Waals surface area contributed by atoms with Crippen molar-refractivity contribution in [1.82, 2.24) is 8.25 Å². The van der Waals surface area contributed by atoms with Gasteiger partial charge in [0, 0.05) is 0 Å². The molecule has 0 radical (unpaired) electrons. The lowest BCUT2D eigenvalue weighted by Gasteiger charge is -1.94. The quantitative estimate of drug-likeness (QED) is 0.568. The van der Waals surface area contributed by atoms with Crippen LogP contribution in [0, 0.1) is 0 Å². The van der Waals surface area contributed by atoms with Gasteiger partial charge in [0.25, 0.3) is 0 Å². The molecule has 0 heterocycles. The number of halogens is 2. The first-order chi connectivity index (χ1) is 7.41. The fourth-order valence-electron chi connectivity index (χ4n) is 0.394. The molecule has 0 amide bonds. The summed E-state index contributed by atoms with van der Waals surface area (Å²) in [7, 11) is -18.2. The summed E-state index contributed by atoms with van der Waals surface area (Å²) in [5.74, 6) is 0. The summed E-state index contributed by atoms with van der Waals surface area (Å²) in [6, 6.07) is 0. The molecule has 0 aromatic carbocycles. The average molecular weight is 386 g/mol. The molecule has 0 aliphatic rings. The minimum Gasteiger partial charge on any atom is -0.212 e. The van der Waals surface area contributed by atoms with Crippen LogP contribution in [0.4, 0.5) is 7.77 Å². The number of nitrogens with one attached hydrogen (secondary N) is 2. The highest BCUT2D eigenvalue weighted by molar-refractivity contribution is 8.04. The van der Waals surface area contributed by atoms with Crippen LogP contribution < -0.4 is 8.25 Å². The zero-order valence-electron chi connectivity index (χ0n) is 8.65. The van der Waals surface area contributed by atoms with Gasteiger partial charge in [-0.25, -0.2) is 16.8 Å². The Bertz CT molecular complexity index is 555. The SMILES string of the molecule is C.C.CS(=O)(=O)NS(C)(=O)=O.O=S(=O)(F)NS(=O)(=O)F. The van der Waals surface area contributed by atoms with Crippen molar-refractivity contribution in [3.05, 3.63) is 0 Å². The normalized spacial score (nSPS) is 12.2. The zero-order valence-corrected chi connectivity index (χ0v) is 11.9. The number of hydrogen-bond donors (Lipinski definition) is 2. The maximum Gasteiger partial charge on any atom is 0.387 e. The van der Waals surface area contributed by atoms with E-state index in [0.717, 1.165) is 12.5 Å². The first-order valence-corrected chi connectivity index (χ1v) is 9.82. The Labute approximate surface area is 118 Å². The maximum absolute atomic E-state index is 11.1. The van der Waals surface area contributed by atoms with E-state index >= 15 is 0 Å². The van der Waals surface area contributed by atoms with Crippen LogP contribution in [-0.2, 0) is 40.9 Å². The lowest BCUT2D eigenvalue weighted by molar-refractivity contribution is 0.527. The highest BCUT2D eigenvalue weighted by Crippen LogP contribution is 1.90. The lowest BCUT2D eigenvalue weighted by atomic mass is 12.0. The lowest BCUT2D eigenvalue weighted by Crippen LogP contribution is -2.27. The van der Waals surface area contributed by atoms with E-state index in [1.165, 1.54) is 4.13 Å². The van der Waals surface area contributed by atoms with Gasteiger partial charge in [-0.2, -0.15) is 16.8 Å². The monoisotopic (exact) mass is 386 g/mol. The molecule has 0 aliphatic carbocycles. The van der Waals surface area contributed by atoms with Crippen molar-refractivity contribution >= 4 is 40.9 Å². The largest absolute Gasteiger partial charge is 0.387 e. The van der Waals surface area contributed by atoms with E-state index in [-0.39, 0.29) is 19.0 Å². The molecule has 2 N–H and O–H groups in total. The van der Waals surface area contributed by atoms with Crippen LogP contribution in [0.2, 0.25) is 0 Å². The fraction of sp³-hybridized carbons (Fsp3) is 1.00. The van der Waals surface area contributed by atoms with Gasteiger partial charge in [0.15, 0.2) is 0 Å². The van der Waals surface area contributed by atoms with E-state index in [4.69, 9.17) is 0 Å². The van der Waals surface area contributed by atoms with Crippen molar-refractivity contribution in [1.29, 1.82) is 0 Å². The highest BCUT2D eigenvalue weighted by Gasteiger charge is 2.17. The third kappa shape index (κ3) is 36.0. The molecule has 0 spiro atoms. The fourth-order valence-corrected chi connectivity index (χ4v) is 3.54. The molecule has 0 saturated heterocycles. The molecule has 0 rings (SSSR count). The molecule has 20 heavy (non-hydrogen) atoms. The Hall–Kier alpha value is -0.420. The minimum absolute atomic E-state index is 0. The van der Waals surface area contributed by atoms with E-state index in [9.17, 15) is 41.4 Å². The summed E-state index contributed by atoms with van der Waals surface area (Å²) in [5, 5.41) is 0. The highest BCUT2D eigenvalue weighted by atomic mass is 32.3. The second-order valence-corrected chi connectivity index (χ2v) is 8.76. The van der Waals surface area contributed by atoms with Crippen molar-refractivity contribution < 1.29 is 41.4 Å². The second kappa shape index (κ2) is 8.78. The van der Waals surface area contributed by atoms with Crippen LogP contribution >= 0.6 is 0 Å². The molecule has 0 atom stereocenters. The Balaban J connectivity index is -0.000000116. The molecule has 0 aliphatic heterocycles. The van der Waals surface area contributed by atoms with Crippen LogP contribution in [-0.4, -0.2) is 46.2 Å². The van der Waals surface area contributed by atoms with Gasteiger partial charge in [-0.15, -0.1) is 4.13 Å². The van der Waals surface area contributed by atoms with Gasteiger partial charge in [0.1, 0.15) is 0 Å². The molecule has 0 saturated carbocycles. The second-order valence-electron chi connectivity index (χ2n) is 2.59. The van der Waals surface area contributed by atoms with Gasteiger partial charge >= 0.3 is 20.8 Å². The molecule has 128 valence electrons. The van der Waals surface area contributed by atoms with Gasteiger partial charge in [-0.3, -0.25) is 0 Å². The third-order valence-corrected chi connectivity index (χ3v) is 4.52. The van der Waals surface area contributed by atoms with Crippen LogP contribution in [0.5, 0.6) is 0 Å². The molecule has 0 fully saturated rings. The average Bonchev–Trinajstić information content (AvgIpc) is 1.64. The van der Waals surface area contributed by atoms with Crippen LogP contribution in [0.15, 0.2) is 0 Å². The molecular weight excluding hydrogens is 370 g/mol. The van der Waals surface area contributed by atoms with E-state index < -0.39 is 40.9 Å². The smallest absolute Gasteiger partial charge is 0.212 e. The van der Waals surface area contributed by atoms with Gasteiger partial charge in [-0.05, 0) is 0 Å². The van der Waals surface area contributed by atoms with E-state index in [1.807, 2.05) is 0 Å². The molecule has 10 nitrogen and oxygen atoms in total. The first kappa shape index (κ1) is 27.8. The summed E-state index contributed by atoms with van der Waals surface area (Å²) in [4.78, 5) is 0. The molecule has 16 heteroatoms. The van der Waals surface area contributed by atoms with Gasteiger partial charge in [0.2, 0.25) is 20.0 Å². The Morgan fingerprint density at radius 3 is 0.800 bits per heavy atom. The molecule has 0 bridgehead atoms. The summed E-state index contributed by atoms with van der Waals surface area (Å²) >= 11 is 0. The molecule has 0 aromatic rings. The zero-order chi connectivity index (χ0) is 15.4.